The van der Waals surface area contributed by atoms with Crippen molar-refractivity contribution in [2.75, 3.05) is 0 Å². The molecule has 2 aliphatic rings. The lowest BCUT2D eigenvalue weighted by molar-refractivity contribution is 0.292. The van der Waals surface area contributed by atoms with Crippen LogP contribution in [0.4, 0.5) is 0 Å². The summed E-state index contributed by atoms with van der Waals surface area (Å²) >= 11 is 3.68. The van der Waals surface area contributed by atoms with Gasteiger partial charge in [-0.3, -0.25) is 4.68 Å². The first-order chi connectivity index (χ1) is 9.58. The third kappa shape index (κ3) is 2.69. The van der Waals surface area contributed by atoms with Crippen molar-refractivity contribution in [2.45, 2.75) is 65.0 Å². The lowest BCUT2D eigenvalue weighted by Gasteiger charge is -2.25. The van der Waals surface area contributed by atoms with Gasteiger partial charge in [-0.25, -0.2) is 0 Å². The topological polar surface area (TPSA) is 43.8 Å². The highest BCUT2D eigenvalue weighted by Gasteiger charge is 2.39. The number of hydrogen-bond donors (Lipinski definition) is 1. The number of nitrogens with zero attached hydrogens (tertiary/aromatic N) is 2. The van der Waals surface area contributed by atoms with Gasteiger partial charge in [0.15, 0.2) is 0 Å². The molecule has 2 bridgehead atoms. The van der Waals surface area contributed by atoms with Gasteiger partial charge in [-0.1, -0.05) is 6.42 Å². The molecular weight excluding hydrogens is 314 g/mol. The molecule has 1 aromatic rings. The van der Waals surface area contributed by atoms with Crippen LogP contribution < -0.4 is 5.73 Å². The molecule has 0 amide bonds. The van der Waals surface area contributed by atoms with E-state index in [1.165, 1.54) is 37.8 Å². The van der Waals surface area contributed by atoms with Crippen LogP contribution in [0, 0.1) is 24.7 Å². The third-order valence-electron chi connectivity index (χ3n) is 5.40. The Balaban J connectivity index is 1.63. The molecule has 112 valence electrons. The van der Waals surface area contributed by atoms with Gasteiger partial charge in [-0.15, -0.1) is 0 Å². The molecule has 3 rings (SSSR count). The lowest BCUT2D eigenvalue weighted by atomic mass is 9.83. The van der Waals surface area contributed by atoms with Crippen LogP contribution >= 0.6 is 15.9 Å². The summed E-state index contributed by atoms with van der Waals surface area (Å²) in [5.74, 6) is 2.89. The predicted molar refractivity (Wildman–Crippen MR) is 85.6 cm³/mol. The minimum absolute atomic E-state index is 0.275. The van der Waals surface area contributed by atoms with Crippen molar-refractivity contribution in [1.82, 2.24) is 9.78 Å². The molecular formula is C16H26BrN3. The van der Waals surface area contributed by atoms with E-state index in [1.807, 2.05) is 0 Å². The number of nitrogens with two attached hydrogens (primary N) is 1. The normalized spacial score (nSPS) is 30.1. The molecule has 4 unspecified atom stereocenters. The van der Waals surface area contributed by atoms with Crippen molar-refractivity contribution in [2.24, 2.45) is 23.5 Å². The van der Waals surface area contributed by atoms with Crippen molar-refractivity contribution < 1.29 is 0 Å². The van der Waals surface area contributed by atoms with Crippen LogP contribution in [-0.2, 0) is 13.0 Å². The summed E-state index contributed by atoms with van der Waals surface area (Å²) in [4.78, 5) is 0. The Kier molecular flexibility index (Phi) is 4.23. The SMILES string of the molecule is CCn1nc(C)c(Br)c1CC(N)CC1CC2CCC1C2. The molecule has 2 aliphatic carbocycles. The van der Waals surface area contributed by atoms with E-state index in [4.69, 9.17) is 5.73 Å². The molecule has 2 saturated carbocycles. The Hall–Kier alpha value is -0.350. The van der Waals surface area contributed by atoms with Gasteiger partial charge in [0.25, 0.3) is 0 Å². The van der Waals surface area contributed by atoms with E-state index in [0.29, 0.717) is 0 Å². The van der Waals surface area contributed by atoms with E-state index in [1.54, 1.807) is 0 Å². The first-order valence-corrected chi connectivity index (χ1v) is 8.85. The third-order valence-corrected chi connectivity index (χ3v) is 6.43. The van der Waals surface area contributed by atoms with Crippen molar-refractivity contribution in [3.8, 4) is 0 Å². The van der Waals surface area contributed by atoms with Gasteiger partial charge in [-0.2, -0.15) is 5.10 Å². The summed E-state index contributed by atoms with van der Waals surface area (Å²) in [6, 6.07) is 0.275. The van der Waals surface area contributed by atoms with Gasteiger partial charge in [0.2, 0.25) is 0 Å². The van der Waals surface area contributed by atoms with Crippen LogP contribution in [0.1, 0.15) is 50.4 Å². The summed E-state index contributed by atoms with van der Waals surface area (Å²) in [7, 11) is 0. The summed E-state index contributed by atoms with van der Waals surface area (Å²) in [6.45, 7) is 5.12. The van der Waals surface area contributed by atoms with Crippen molar-refractivity contribution in [3.05, 3.63) is 15.9 Å². The zero-order chi connectivity index (χ0) is 14.3. The average molecular weight is 340 g/mol. The maximum Gasteiger partial charge on any atom is 0.0738 e. The Bertz CT molecular complexity index is 482. The minimum Gasteiger partial charge on any atom is -0.327 e. The van der Waals surface area contributed by atoms with Crippen LogP contribution in [0.2, 0.25) is 0 Å². The fourth-order valence-electron chi connectivity index (χ4n) is 4.45. The molecule has 3 nitrogen and oxygen atoms in total. The van der Waals surface area contributed by atoms with Gasteiger partial charge in [0.1, 0.15) is 0 Å². The zero-order valence-electron chi connectivity index (χ0n) is 12.6. The highest BCUT2D eigenvalue weighted by molar-refractivity contribution is 9.10. The van der Waals surface area contributed by atoms with Gasteiger partial charge < -0.3 is 5.73 Å². The molecule has 0 saturated heterocycles. The highest BCUT2D eigenvalue weighted by atomic mass is 79.9. The molecule has 0 radical (unpaired) electrons. The number of hydrogen-bond acceptors (Lipinski definition) is 2. The fraction of sp³-hybridized carbons (Fsp3) is 0.812. The number of fused-ring (bicyclic) bond motifs is 2. The van der Waals surface area contributed by atoms with E-state index < -0.39 is 0 Å². The standard InChI is InChI=1S/C16H26BrN3/c1-3-20-15(16(17)10(2)19-20)9-14(18)8-13-7-11-4-5-12(13)6-11/h11-14H,3-9,18H2,1-2H3. The molecule has 1 aromatic heterocycles. The maximum absolute atomic E-state index is 6.46. The molecule has 0 spiro atoms. The molecule has 0 aromatic carbocycles. The van der Waals surface area contributed by atoms with Gasteiger partial charge in [-0.05, 0) is 73.2 Å². The molecule has 1 heterocycles. The number of aryl methyl sites for hydroxylation is 2. The summed E-state index contributed by atoms with van der Waals surface area (Å²) in [5.41, 5.74) is 8.81. The van der Waals surface area contributed by atoms with E-state index in [0.717, 1.165) is 40.9 Å². The minimum atomic E-state index is 0.275. The van der Waals surface area contributed by atoms with Gasteiger partial charge in [0.05, 0.1) is 15.9 Å². The van der Waals surface area contributed by atoms with Crippen molar-refractivity contribution in [3.63, 3.8) is 0 Å². The molecule has 20 heavy (non-hydrogen) atoms. The lowest BCUT2D eigenvalue weighted by Crippen LogP contribution is -2.29. The molecule has 2 N–H and O–H groups in total. The van der Waals surface area contributed by atoms with E-state index >= 15 is 0 Å². The smallest absolute Gasteiger partial charge is 0.0738 e. The first-order valence-electron chi connectivity index (χ1n) is 8.05. The van der Waals surface area contributed by atoms with Gasteiger partial charge >= 0.3 is 0 Å². The number of rotatable bonds is 5. The monoisotopic (exact) mass is 339 g/mol. The van der Waals surface area contributed by atoms with E-state index in [-0.39, 0.29) is 6.04 Å². The van der Waals surface area contributed by atoms with E-state index in [2.05, 4.69) is 39.6 Å². The molecule has 4 heteroatoms. The van der Waals surface area contributed by atoms with Crippen LogP contribution in [-0.4, -0.2) is 15.8 Å². The second kappa shape index (κ2) is 5.80. The average Bonchev–Trinajstić information content (AvgIpc) is 3.09. The maximum atomic E-state index is 6.46. The van der Waals surface area contributed by atoms with Crippen LogP contribution in [0.25, 0.3) is 0 Å². The molecule has 2 fully saturated rings. The first kappa shape index (κ1) is 14.6. The number of aromatic nitrogens is 2. The summed E-state index contributed by atoms with van der Waals surface area (Å²) in [6.07, 6.45) is 7.99. The second-order valence-electron chi connectivity index (χ2n) is 6.80. The highest BCUT2D eigenvalue weighted by Crippen LogP contribution is 2.49. The quantitative estimate of drug-likeness (QED) is 0.889. The summed E-state index contributed by atoms with van der Waals surface area (Å²) in [5, 5.41) is 4.57. The Labute approximate surface area is 130 Å². The molecule has 4 atom stereocenters. The summed E-state index contributed by atoms with van der Waals surface area (Å²) < 4.78 is 3.25. The predicted octanol–water partition coefficient (Wildman–Crippen LogP) is 3.67. The Morgan fingerprint density at radius 1 is 1.40 bits per heavy atom. The van der Waals surface area contributed by atoms with E-state index in [9.17, 15) is 0 Å². The largest absolute Gasteiger partial charge is 0.327 e. The van der Waals surface area contributed by atoms with Crippen LogP contribution in [0.15, 0.2) is 4.47 Å². The van der Waals surface area contributed by atoms with Crippen molar-refractivity contribution >= 4 is 15.9 Å². The van der Waals surface area contributed by atoms with Crippen molar-refractivity contribution in [1.29, 1.82) is 0 Å². The number of halogens is 1. The van der Waals surface area contributed by atoms with Crippen LogP contribution in [0.3, 0.4) is 0 Å². The van der Waals surface area contributed by atoms with Gasteiger partial charge in [0, 0.05) is 19.0 Å². The fourth-order valence-corrected chi connectivity index (χ4v) is 4.90. The van der Waals surface area contributed by atoms with Crippen LogP contribution in [0.5, 0.6) is 0 Å². The second-order valence-corrected chi connectivity index (χ2v) is 7.59. The zero-order valence-corrected chi connectivity index (χ0v) is 14.2. The Morgan fingerprint density at radius 2 is 2.20 bits per heavy atom. The Morgan fingerprint density at radius 3 is 2.80 bits per heavy atom. The molecule has 0 aliphatic heterocycles.